The fourth-order valence-electron chi connectivity index (χ4n) is 5.45. The van der Waals surface area contributed by atoms with Crippen molar-refractivity contribution < 1.29 is 9.47 Å². The molecule has 0 saturated heterocycles. The zero-order chi connectivity index (χ0) is 28.3. The summed E-state index contributed by atoms with van der Waals surface area (Å²) in [5.74, 6) is 2.01. The number of hydrogen-bond donors (Lipinski definition) is 1. The van der Waals surface area contributed by atoms with Crippen LogP contribution in [0.1, 0.15) is 43.3 Å². The van der Waals surface area contributed by atoms with Crippen molar-refractivity contribution in [3.63, 3.8) is 0 Å². The normalized spacial score (nSPS) is 12.7. The van der Waals surface area contributed by atoms with Crippen LogP contribution in [0, 0.1) is 5.41 Å². The summed E-state index contributed by atoms with van der Waals surface area (Å²) in [6.07, 6.45) is 4.51. The third-order valence-electron chi connectivity index (χ3n) is 7.06. The maximum Gasteiger partial charge on any atom is 0.227 e. The van der Waals surface area contributed by atoms with E-state index in [4.69, 9.17) is 19.6 Å². The highest BCUT2D eigenvalue weighted by Gasteiger charge is 2.26. The quantitative estimate of drug-likeness (QED) is 0.262. The number of anilines is 2. The Balaban J connectivity index is 1.40. The second-order valence-corrected chi connectivity index (χ2v) is 11.5. The molecule has 0 amide bonds. The molecule has 0 aliphatic heterocycles. The molecular weight excluding hydrogens is 500 g/mol. The highest BCUT2D eigenvalue weighted by atomic mass is 16.5. The number of nitrogens with zero attached hydrogens (tertiary/aromatic N) is 5. The lowest BCUT2D eigenvalue weighted by atomic mass is 9.91. The molecular formula is C32H40N6O2. The molecule has 210 valence electrons. The van der Waals surface area contributed by atoms with E-state index in [2.05, 4.69) is 67.4 Å². The summed E-state index contributed by atoms with van der Waals surface area (Å²) in [7, 11) is 6.19. The van der Waals surface area contributed by atoms with Crippen LogP contribution in [0.2, 0.25) is 0 Å². The van der Waals surface area contributed by atoms with Crippen LogP contribution in [0.15, 0.2) is 54.7 Å². The van der Waals surface area contributed by atoms with E-state index < -0.39 is 0 Å². The molecule has 2 heterocycles. The molecule has 8 nitrogen and oxygen atoms in total. The molecule has 1 aliphatic rings. The lowest BCUT2D eigenvalue weighted by molar-refractivity contribution is 0.141. The Morgan fingerprint density at radius 3 is 2.60 bits per heavy atom. The van der Waals surface area contributed by atoms with Crippen LogP contribution < -0.4 is 14.8 Å². The average Bonchev–Trinajstić information content (AvgIpc) is 3.24. The second-order valence-electron chi connectivity index (χ2n) is 11.5. The van der Waals surface area contributed by atoms with Gasteiger partial charge in [-0.25, -0.2) is 9.97 Å². The van der Waals surface area contributed by atoms with Crippen molar-refractivity contribution in [1.82, 2.24) is 24.6 Å². The molecule has 0 radical (unpaired) electrons. The maximum atomic E-state index is 6.17. The topological polar surface area (TPSA) is 77.3 Å². The number of fused-ring (bicyclic) bond motifs is 3. The fraction of sp³-hybridized carbons (Fsp3) is 0.406. The van der Waals surface area contributed by atoms with Crippen LogP contribution in [0.5, 0.6) is 11.5 Å². The number of nitrogens with one attached hydrogen (secondary N) is 1. The number of hydrogen-bond acceptors (Lipinski definition) is 7. The van der Waals surface area contributed by atoms with Crippen LogP contribution >= 0.6 is 0 Å². The SMILES string of the molecule is CCOc1cc(OCC(C)(C)CN(C)C)ccc1Nc1ncc2c(n1)-c1c(nn(C)c1Cc1ccccc1)CC2. The Bertz CT molecular complexity index is 1460. The molecule has 40 heavy (non-hydrogen) atoms. The average molecular weight is 541 g/mol. The molecule has 0 unspecified atom stereocenters. The third kappa shape index (κ3) is 6.28. The number of aromatic nitrogens is 4. The van der Waals surface area contributed by atoms with Gasteiger partial charge in [0, 0.05) is 43.3 Å². The predicted octanol–water partition coefficient (Wildman–Crippen LogP) is 5.68. The summed E-state index contributed by atoms with van der Waals surface area (Å²) in [6.45, 7) is 8.47. The number of aryl methyl sites for hydroxylation is 3. The van der Waals surface area contributed by atoms with Gasteiger partial charge < -0.3 is 19.7 Å². The lowest BCUT2D eigenvalue weighted by Crippen LogP contribution is -2.33. The Hall–Kier alpha value is -3.91. The van der Waals surface area contributed by atoms with Gasteiger partial charge in [0.25, 0.3) is 0 Å². The first-order valence-corrected chi connectivity index (χ1v) is 14.0. The smallest absolute Gasteiger partial charge is 0.227 e. The molecule has 4 aromatic rings. The van der Waals surface area contributed by atoms with Gasteiger partial charge in [-0.1, -0.05) is 44.2 Å². The Labute approximate surface area is 237 Å². The van der Waals surface area contributed by atoms with Gasteiger partial charge in [-0.15, -0.1) is 0 Å². The molecule has 0 bridgehead atoms. The molecule has 0 saturated carbocycles. The minimum absolute atomic E-state index is 0.0215. The molecule has 0 atom stereocenters. The summed E-state index contributed by atoms with van der Waals surface area (Å²) < 4.78 is 14.2. The van der Waals surface area contributed by atoms with E-state index in [1.165, 1.54) is 11.3 Å². The molecule has 1 N–H and O–H groups in total. The van der Waals surface area contributed by atoms with Gasteiger partial charge in [0.1, 0.15) is 11.5 Å². The first-order valence-electron chi connectivity index (χ1n) is 14.0. The molecule has 2 aromatic carbocycles. The Morgan fingerprint density at radius 2 is 1.85 bits per heavy atom. The van der Waals surface area contributed by atoms with Crippen LogP contribution in [-0.4, -0.2) is 58.5 Å². The minimum Gasteiger partial charge on any atom is -0.493 e. The van der Waals surface area contributed by atoms with Crippen molar-refractivity contribution >= 4 is 11.6 Å². The lowest BCUT2D eigenvalue weighted by Gasteiger charge is -2.28. The van der Waals surface area contributed by atoms with Crippen LogP contribution in [0.25, 0.3) is 11.3 Å². The van der Waals surface area contributed by atoms with Crippen molar-refractivity contribution in [1.29, 1.82) is 0 Å². The Morgan fingerprint density at radius 1 is 1.05 bits per heavy atom. The van der Waals surface area contributed by atoms with Crippen molar-refractivity contribution in [2.45, 2.75) is 40.0 Å². The monoisotopic (exact) mass is 540 g/mol. The second kappa shape index (κ2) is 11.7. The van der Waals surface area contributed by atoms with E-state index in [-0.39, 0.29) is 5.41 Å². The summed E-state index contributed by atoms with van der Waals surface area (Å²) in [6, 6.07) is 16.4. The van der Waals surface area contributed by atoms with Crippen molar-refractivity contribution in [2.24, 2.45) is 12.5 Å². The molecule has 2 aromatic heterocycles. The summed E-state index contributed by atoms with van der Waals surface area (Å²) in [4.78, 5) is 11.9. The van der Waals surface area contributed by atoms with Gasteiger partial charge in [-0.3, -0.25) is 4.68 Å². The molecule has 8 heteroatoms. The van der Waals surface area contributed by atoms with E-state index in [0.29, 0.717) is 24.9 Å². The van der Waals surface area contributed by atoms with E-state index in [1.807, 2.05) is 49.1 Å². The zero-order valence-corrected chi connectivity index (χ0v) is 24.5. The van der Waals surface area contributed by atoms with Crippen molar-refractivity contribution in [3.05, 3.63) is 77.2 Å². The minimum atomic E-state index is 0.0215. The van der Waals surface area contributed by atoms with Crippen LogP contribution in [0.3, 0.4) is 0 Å². The van der Waals surface area contributed by atoms with Gasteiger partial charge in [-0.05, 0) is 57.1 Å². The molecule has 0 fully saturated rings. The van der Waals surface area contributed by atoms with E-state index in [0.717, 1.165) is 59.8 Å². The number of benzene rings is 2. The van der Waals surface area contributed by atoms with Crippen LogP contribution in [-0.2, 0) is 26.3 Å². The van der Waals surface area contributed by atoms with Gasteiger partial charge in [-0.2, -0.15) is 5.10 Å². The highest BCUT2D eigenvalue weighted by Crippen LogP contribution is 2.37. The number of rotatable bonds is 11. The van der Waals surface area contributed by atoms with E-state index in [9.17, 15) is 0 Å². The predicted molar refractivity (Wildman–Crippen MR) is 160 cm³/mol. The van der Waals surface area contributed by atoms with E-state index in [1.54, 1.807) is 0 Å². The maximum absolute atomic E-state index is 6.17. The van der Waals surface area contributed by atoms with Crippen LogP contribution in [0.4, 0.5) is 11.6 Å². The van der Waals surface area contributed by atoms with Gasteiger partial charge in [0.15, 0.2) is 0 Å². The highest BCUT2D eigenvalue weighted by molar-refractivity contribution is 5.73. The van der Waals surface area contributed by atoms with E-state index >= 15 is 0 Å². The molecule has 1 aliphatic carbocycles. The summed E-state index contributed by atoms with van der Waals surface area (Å²) in [5.41, 5.74) is 7.57. The molecule has 0 spiro atoms. The molecule has 5 rings (SSSR count). The third-order valence-corrected chi connectivity index (χ3v) is 7.06. The Kier molecular flexibility index (Phi) is 8.07. The fourth-order valence-corrected chi connectivity index (χ4v) is 5.45. The number of ether oxygens (including phenoxy) is 2. The largest absolute Gasteiger partial charge is 0.493 e. The van der Waals surface area contributed by atoms with Gasteiger partial charge >= 0.3 is 0 Å². The zero-order valence-electron chi connectivity index (χ0n) is 24.5. The summed E-state index contributed by atoms with van der Waals surface area (Å²) >= 11 is 0. The first-order chi connectivity index (χ1) is 19.2. The van der Waals surface area contributed by atoms with Gasteiger partial charge in [0.05, 0.1) is 36.0 Å². The van der Waals surface area contributed by atoms with Crippen molar-refractivity contribution in [2.75, 3.05) is 39.2 Å². The summed E-state index contributed by atoms with van der Waals surface area (Å²) in [5, 5.41) is 8.26. The first kappa shape index (κ1) is 27.6. The standard InChI is InChI=1S/C32H40N6O2/c1-7-39-28-18-24(40-21-32(2,3)20-37(4)5)14-16-25(28)34-31-33-19-23-13-15-26-29(30(23)35-31)27(38(6)36-26)17-22-11-9-8-10-12-22/h8-12,14,16,18-19H,7,13,15,17,20-21H2,1-6H3,(H,33,34,35). The van der Waals surface area contributed by atoms with Gasteiger partial charge in [0.2, 0.25) is 5.95 Å². The van der Waals surface area contributed by atoms with Crippen molar-refractivity contribution in [3.8, 4) is 22.8 Å².